The van der Waals surface area contributed by atoms with Crippen LogP contribution in [0.3, 0.4) is 0 Å². The van der Waals surface area contributed by atoms with Crippen LogP contribution in [0, 0.1) is 11.6 Å². The van der Waals surface area contributed by atoms with E-state index in [2.05, 4.69) is 31.0 Å². The van der Waals surface area contributed by atoms with Gasteiger partial charge >= 0.3 is 0 Å². The van der Waals surface area contributed by atoms with E-state index in [9.17, 15) is 13.6 Å². The summed E-state index contributed by atoms with van der Waals surface area (Å²) in [5.41, 5.74) is -0.737. The number of H-pyrrole nitrogens is 1. The second-order valence-corrected chi connectivity index (χ2v) is 4.74. The molecule has 23 heavy (non-hydrogen) atoms. The summed E-state index contributed by atoms with van der Waals surface area (Å²) in [5, 5.41) is 19.6. The summed E-state index contributed by atoms with van der Waals surface area (Å²) >= 11 is 5.98. The number of aromatic amines is 1. The zero-order chi connectivity index (χ0) is 16.4. The highest BCUT2D eigenvalue weighted by Crippen LogP contribution is 2.18. The second kappa shape index (κ2) is 6.08. The number of nitrogens with one attached hydrogen (secondary N) is 2. The summed E-state index contributed by atoms with van der Waals surface area (Å²) < 4.78 is 27.4. The van der Waals surface area contributed by atoms with Gasteiger partial charge in [-0.3, -0.25) is 4.79 Å². The predicted molar refractivity (Wildman–Crippen MR) is 76.3 cm³/mol. The average molecular weight is 340 g/mol. The quantitative estimate of drug-likeness (QED) is 0.742. The molecule has 2 N–H and O–H groups in total. The maximum atomic E-state index is 13.8. The molecule has 118 valence electrons. The topological polar surface area (TPSA) is 101 Å². The Bertz CT molecular complexity index is 897. The lowest BCUT2D eigenvalue weighted by atomic mass is 10.3. The summed E-state index contributed by atoms with van der Waals surface area (Å²) in [7, 11) is 0. The first-order valence-electron chi connectivity index (χ1n) is 6.25. The molecule has 2 aromatic heterocycles. The largest absolute Gasteiger partial charge is 0.375 e. The van der Waals surface area contributed by atoms with Crippen LogP contribution >= 0.6 is 11.6 Å². The number of rotatable bonds is 4. The first-order chi connectivity index (χ1) is 11.1. The molecule has 0 amide bonds. The molecule has 0 saturated heterocycles. The number of halogens is 3. The van der Waals surface area contributed by atoms with Crippen molar-refractivity contribution in [2.24, 2.45) is 0 Å². The van der Waals surface area contributed by atoms with Gasteiger partial charge in [-0.25, -0.2) is 8.78 Å². The Hall–Kier alpha value is -2.88. The fraction of sp³-hybridized carbons (Fsp3) is 0.0833. The molecule has 8 nitrogen and oxygen atoms in total. The Balaban J connectivity index is 1.92. The fourth-order valence-corrected chi connectivity index (χ4v) is 2.01. The summed E-state index contributed by atoms with van der Waals surface area (Å²) in [5.74, 6) is -1.33. The molecule has 1 aromatic carbocycles. The molecular weight excluding hydrogens is 332 g/mol. The zero-order valence-electron chi connectivity index (χ0n) is 11.3. The Morgan fingerprint density at radius 3 is 2.87 bits per heavy atom. The van der Waals surface area contributed by atoms with E-state index in [4.69, 9.17) is 11.6 Å². The average Bonchev–Trinajstić information content (AvgIpc) is 3.03. The number of anilines is 1. The van der Waals surface area contributed by atoms with Crippen molar-refractivity contribution in [3.63, 3.8) is 0 Å². The maximum absolute atomic E-state index is 13.8. The number of aromatic nitrogens is 6. The number of benzene rings is 1. The predicted octanol–water partition coefficient (Wildman–Crippen LogP) is 1.29. The fourth-order valence-electron chi connectivity index (χ4n) is 1.81. The third-order valence-electron chi connectivity index (χ3n) is 2.88. The van der Waals surface area contributed by atoms with Crippen molar-refractivity contribution in [1.29, 1.82) is 0 Å². The van der Waals surface area contributed by atoms with Crippen LogP contribution in [0.25, 0.3) is 5.69 Å². The van der Waals surface area contributed by atoms with Crippen molar-refractivity contribution < 1.29 is 8.78 Å². The lowest BCUT2D eigenvalue weighted by Gasteiger charge is -2.09. The van der Waals surface area contributed by atoms with E-state index < -0.39 is 17.2 Å². The number of hydrogen-bond donors (Lipinski definition) is 2. The maximum Gasteiger partial charge on any atom is 0.292 e. The van der Waals surface area contributed by atoms with Gasteiger partial charge in [-0.05, 0) is 12.1 Å². The monoisotopic (exact) mass is 339 g/mol. The molecule has 0 bridgehead atoms. The molecule has 2 heterocycles. The highest BCUT2D eigenvalue weighted by molar-refractivity contribution is 6.32. The van der Waals surface area contributed by atoms with Gasteiger partial charge < -0.3 is 5.32 Å². The highest BCUT2D eigenvalue weighted by atomic mass is 35.5. The van der Waals surface area contributed by atoms with Crippen LogP contribution < -0.4 is 10.9 Å². The third kappa shape index (κ3) is 3.01. The van der Waals surface area contributed by atoms with Gasteiger partial charge in [0, 0.05) is 6.07 Å². The van der Waals surface area contributed by atoms with E-state index in [0.29, 0.717) is 11.9 Å². The van der Waals surface area contributed by atoms with E-state index in [1.54, 1.807) is 0 Å². The van der Waals surface area contributed by atoms with Gasteiger partial charge in [-0.2, -0.15) is 15.0 Å². The van der Waals surface area contributed by atoms with Crippen LogP contribution in [0.15, 0.2) is 29.2 Å². The second-order valence-electron chi connectivity index (χ2n) is 4.37. The molecule has 11 heteroatoms. The SMILES string of the molecule is O=c1c(Cl)c(NCc2nn[nH]n2)cnn1-c1ccc(F)cc1F. The Labute approximate surface area is 132 Å². The van der Waals surface area contributed by atoms with Crippen LogP contribution in [0.5, 0.6) is 0 Å². The Morgan fingerprint density at radius 1 is 1.35 bits per heavy atom. The van der Waals surface area contributed by atoms with Crippen molar-refractivity contribution >= 4 is 17.3 Å². The van der Waals surface area contributed by atoms with Gasteiger partial charge in [0.25, 0.3) is 5.56 Å². The van der Waals surface area contributed by atoms with Gasteiger partial charge in [0.05, 0.1) is 18.4 Å². The van der Waals surface area contributed by atoms with Gasteiger partial charge in [0.2, 0.25) is 0 Å². The summed E-state index contributed by atoms with van der Waals surface area (Å²) in [4.78, 5) is 12.2. The van der Waals surface area contributed by atoms with E-state index in [-0.39, 0.29) is 22.9 Å². The summed E-state index contributed by atoms with van der Waals surface area (Å²) in [6.45, 7) is 0.159. The standard InChI is InChI=1S/C12H8ClF2N7O/c13-11-8(16-5-10-18-20-21-19-10)4-17-22(12(11)23)9-2-1-6(14)3-7(9)15/h1-4,16H,5H2,(H,18,19,20,21). The van der Waals surface area contributed by atoms with Crippen LogP contribution in [0.4, 0.5) is 14.5 Å². The van der Waals surface area contributed by atoms with E-state index in [0.717, 1.165) is 16.8 Å². The third-order valence-corrected chi connectivity index (χ3v) is 3.25. The zero-order valence-corrected chi connectivity index (χ0v) is 12.1. The van der Waals surface area contributed by atoms with Crippen LogP contribution in [0.1, 0.15) is 5.82 Å². The minimum atomic E-state index is -0.928. The van der Waals surface area contributed by atoms with Crippen LogP contribution in [-0.4, -0.2) is 30.4 Å². The lowest BCUT2D eigenvalue weighted by molar-refractivity contribution is 0.571. The lowest BCUT2D eigenvalue weighted by Crippen LogP contribution is -2.23. The van der Waals surface area contributed by atoms with E-state index >= 15 is 0 Å². The van der Waals surface area contributed by atoms with Gasteiger partial charge in [-0.15, -0.1) is 10.2 Å². The number of nitrogens with zero attached hydrogens (tertiary/aromatic N) is 5. The molecule has 0 aliphatic carbocycles. The molecule has 0 radical (unpaired) electrons. The van der Waals surface area contributed by atoms with Crippen LogP contribution in [0.2, 0.25) is 5.02 Å². The minimum absolute atomic E-state index is 0.159. The summed E-state index contributed by atoms with van der Waals surface area (Å²) in [6, 6.07) is 2.77. The van der Waals surface area contributed by atoms with Crippen molar-refractivity contribution in [3.8, 4) is 5.69 Å². The molecule has 0 aliphatic rings. The van der Waals surface area contributed by atoms with Crippen molar-refractivity contribution in [2.75, 3.05) is 5.32 Å². The minimum Gasteiger partial charge on any atom is -0.375 e. The van der Waals surface area contributed by atoms with Crippen molar-refractivity contribution in [2.45, 2.75) is 6.54 Å². The van der Waals surface area contributed by atoms with E-state index in [1.807, 2.05) is 0 Å². The first kappa shape index (κ1) is 15.0. The molecule has 0 saturated carbocycles. The number of hydrogen-bond acceptors (Lipinski definition) is 6. The summed E-state index contributed by atoms with van der Waals surface area (Å²) in [6.07, 6.45) is 1.24. The molecule has 3 aromatic rings. The highest BCUT2D eigenvalue weighted by Gasteiger charge is 2.14. The van der Waals surface area contributed by atoms with Crippen LogP contribution in [-0.2, 0) is 6.54 Å². The number of tetrazole rings is 1. The molecular formula is C12H8ClF2N7O. The Morgan fingerprint density at radius 2 is 2.17 bits per heavy atom. The normalized spacial score (nSPS) is 10.7. The van der Waals surface area contributed by atoms with Crippen molar-refractivity contribution in [3.05, 3.63) is 57.2 Å². The van der Waals surface area contributed by atoms with Gasteiger partial charge in [0.1, 0.15) is 16.5 Å². The van der Waals surface area contributed by atoms with Crippen molar-refractivity contribution in [1.82, 2.24) is 30.4 Å². The first-order valence-corrected chi connectivity index (χ1v) is 6.63. The van der Waals surface area contributed by atoms with E-state index in [1.165, 1.54) is 6.20 Å². The molecule has 0 atom stereocenters. The smallest absolute Gasteiger partial charge is 0.292 e. The molecule has 0 spiro atoms. The molecule has 0 unspecified atom stereocenters. The molecule has 0 fully saturated rings. The van der Waals surface area contributed by atoms with Gasteiger partial charge in [0.15, 0.2) is 11.6 Å². The molecule has 0 aliphatic heterocycles. The van der Waals surface area contributed by atoms with Gasteiger partial charge in [-0.1, -0.05) is 16.8 Å². The molecule has 3 rings (SSSR count). The Kier molecular flexibility index (Phi) is 3.98.